The number of unbranched alkanes of at least 4 members (excludes halogenated alkanes) is 24. The Labute approximate surface area is 362 Å². The van der Waals surface area contributed by atoms with E-state index in [2.05, 4.69) is 62.5 Å². The minimum absolute atomic E-state index is 0.0545. The fraction of sp³-hybridized carbons (Fsp3) is 0.796. The zero-order valence-corrected chi connectivity index (χ0v) is 38.9. The van der Waals surface area contributed by atoms with Crippen molar-refractivity contribution in [2.24, 2.45) is 5.73 Å². The molecule has 0 saturated carbocycles. The number of esters is 2. The molecular formula is C49H90NO8P. The van der Waals surface area contributed by atoms with E-state index in [1.807, 2.05) is 0 Å². The Morgan fingerprint density at radius 3 is 1.39 bits per heavy atom. The van der Waals surface area contributed by atoms with E-state index in [0.29, 0.717) is 6.42 Å². The largest absolute Gasteiger partial charge is 0.472 e. The molecule has 59 heavy (non-hydrogen) atoms. The number of carbonyl (C=O) groups is 2. The summed E-state index contributed by atoms with van der Waals surface area (Å²) >= 11 is 0. The molecule has 0 aliphatic carbocycles. The topological polar surface area (TPSA) is 134 Å². The third kappa shape index (κ3) is 45.3. The van der Waals surface area contributed by atoms with Crippen LogP contribution in [0.2, 0.25) is 0 Å². The van der Waals surface area contributed by atoms with E-state index >= 15 is 0 Å². The van der Waals surface area contributed by atoms with Gasteiger partial charge in [-0.25, -0.2) is 4.57 Å². The van der Waals surface area contributed by atoms with Gasteiger partial charge in [-0.2, -0.15) is 0 Å². The molecule has 344 valence electrons. The maximum atomic E-state index is 12.5. The van der Waals surface area contributed by atoms with E-state index < -0.39 is 32.5 Å². The van der Waals surface area contributed by atoms with Crippen molar-refractivity contribution in [1.82, 2.24) is 0 Å². The number of carbonyl (C=O) groups excluding carboxylic acids is 2. The number of phosphoric ester groups is 1. The molecule has 3 N–H and O–H groups in total. The fourth-order valence-electron chi connectivity index (χ4n) is 6.69. The van der Waals surface area contributed by atoms with E-state index in [1.54, 1.807) is 0 Å². The van der Waals surface area contributed by atoms with Crippen LogP contribution in [0.5, 0.6) is 0 Å². The summed E-state index contributed by atoms with van der Waals surface area (Å²) in [4.78, 5) is 34.5. The van der Waals surface area contributed by atoms with Gasteiger partial charge in [-0.1, -0.05) is 204 Å². The number of phosphoric acid groups is 1. The second-order valence-electron chi connectivity index (χ2n) is 16.0. The van der Waals surface area contributed by atoms with Gasteiger partial charge in [0.05, 0.1) is 13.2 Å². The molecule has 2 unspecified atom stereocenters. The molecule has 0 aliphatic heterocycles. The van der Waals surface area contributed by atoms with Crippen LogP contribution in [0.15, 0.2) is 48.6 Å². The van der Waals surface area contributed by atoms with Gasteiger partial charge in [0.2, 0.25) is 0 Å². The third-order valence-corrected chi connectivity index (χ3v) is 11.2. The Balaban J connectivity index is 3.72. The first-order chi connectivity index (χ1) is 28.8. The predicted octanol–water partition coefficient (Wildman–Crippen LogP) is 14.3. The molecule has 0 rings (SSSR count). The summed E-state index contributed by atoms with van der Waals surface area (Å²) in [6.07, 6.45) is 53.7. The highest BCUT2D eigenvalue weighted by Gasteiger charge is 2.26. The van der Waals surface area contributed by atoms with Gasteiger partial charge in [-0.3, -0.25) is 18.6 Å². The van der Waals surface area contributed by atoms with Crippen molar-refractivity contribution in [2.45, 2.75) is 225 Å². The molecular weight excluding hydrogens is 762 g/mol. The number of nitrogens with two attached hydrogens (primary N) is 1. The monoisotopic (exact) mass is 852 g/mol. The van der Waals surface area contributed by atoms with Crippen LogP contribution in [-0.4, -0.2) is 49.3 Å². The SMILES string of the molecule is CC/C=C\C/C=C\C/C=C\C/C=C\CCCCCCCCCCCCCCCCCCCCCCC(=O)OC(COC(=O)CCCCCCC)COP(=O)(O)OCCN. The third-order valence-electron chi connectivity index (χ3n) is 10.2. The van der Waals surface area contributed by atoms with Crippen molar-refractivity contribution < 1.29 is 37.6 Å². The first kappa shape index (κ1) is 57.0. The summed E-state index contributed by atoms with van der Waals surface area (Å²) < 4.78 is 32.6. The average molecular weight is 852 g/mol. The second kappa shape index (κ2) is 45.5. The number of rotatable bonds is 45. The first-order valence-electron chi connectivity index (χ1n) is 24.1. The van der Waals surface area contributed by atoms with Gasteiger partial charge in [0.1, 0.15) is 6.61 Å². The van der Waals surface area contributed by atoms with E-state index in [-0.39, 0.29) is 32.6 Å². The molecule has 0 spiro atoms. The molecule has 2 atom stereocenters. The van der Waals surface area contributed by atoms with Crippen molar-refractivity contribution in [2.75, 3.05) is 26.4 Å². The first-order valence-corrected chi connectivity index (χ1v) is 25.6. The number of hydrogen-bond donors (Lipinski definition) is 2. The molecule has 0 aromatic heterocycles. The van der Waals surface area contributed by atoms with Gasteiger partial charge in [-0.05, 0) is 51.4 Å². The smallest absolute Gasteiger partial charge is 0.462 e. The maximum absolute atomic E-state index is 12.5. The van der Waals surface area contributed by atoms with Crippen LogP contribution < -0.4 is 5.73 Å². The highest BCUT2D eigenvalue weighted by atomic mass is 31.2. The molecule has 0 amide bonds. The Morgan fingerprint density at radius 2 is 0.932 bits per heavy atom. The predicted molar refractivity (Wildman–Crippen MR) is 247 cm³/mol. The quantitative estimate of drug-likeness (QED) is 0.0266. The fourth-order valence-corrected chi connectivity index (χ4v) is 7.45. The average Bonchev–Trinajstić information content (AvgIpc) is 3.22. The minimum atomic E-state index is -4.36. The van der Waals surface area contributed by atoms with Crippen LogP contribution in [0.4, 0.5) is 0 Å². The van der Waals surface area contributed by atoms with Crippen molar-refractivity contribution in [3.05, 3.63) is 48.6 Å². The van der Waals surface area contributed by atoms with E-state index in [1.165, 1.54) is 116 Å². The lowest BCUT2D eigenvalue weighted by atomic mass is 10.0. The summed E-state index contributed by atoms with van der Waals surface area (Å²) in [7, 11) is -4.36. The normalized spacial score (nSPS) is 13.6. The standard InChI is InChI=1S/C49H90NO8P/c1-3-5-7-9-10-11-12-13-14-15-16-17-18-19-20-21-22-23-24-25-26-27-28-29-30-31-32-33-34-35-36-38-40-42-49(52)58-47(46-57-59(53,54)56-44-43-50)45-55-48(51)41-39-37-8-6-4-2/h5,7,10-11,13-14,16-17,47H,3-4,6,8-9,12,15,18-46,50H2,1-2H3,(H,53,54)/b7-5-,11-10-,14-13-,17-16-. The Morgan fingerprint density at radius 1 is 0.525 bits per heavy atom. The summed E-state index contributed by atoms with van der Waals surface area (Å²) in [6.45, 7) is 3.53. The van der Waals surface area contributed by atoms with Crippen LogP contribution in [0.1, 0.15) is 219 Å². The van der Waals surface area contributed by atoms with Crippen molar-refractivity contribution in [3.63, 3.8) is 0 Å². The van der Waals surface area contributed by atoms with Crippen LogP contribution in [-0.2, 0) is 32.7 Å². The zero-order valence-electron chi connectivity index (χ0n) is 38.0. The van der Waals surface area contributed by atoms with Gasteiger partial charge in [0, 0.05) is 19.4 Å². The lowest BCUT2D eigenvalue weighted by Gasteiger charge is -2.19. The highest BCUT2D eigenvalue weighted by molar-refractivity contribution is 7.47. The lowest BCUT2D eigenvalue weighted by Crippen LogP contribution is -2.29. The van der Waals surface area contributed by atoms with Gasteiger partial charge < -0.3 is 20.1 Å². The molecule has 0 fully saturated rings. The number of hydrogen-bond acceptors (Lipinski definition) is 8. The summed E-state index contributed by atoms with van der Waals surface area (Å²) in [5.74, 6) is -0.836. The van der Waals surface area contributed by atoms with Gasteiger partial charge >= 0.3 is 19.8 Å². The lowest BCUT2D eigenvalue weighted by molar-refractivity contribution is -0.161. The summed E-state index contributed by atoms with van der Waals surface area (Å²) in [5.41, 5.74) is 5.33. The maximum Gasteiger partial charge on any atom is 0.472 e. The molecule has 9 nitrogen and oxygen atoms in total. The Hall–Kier alpha value is -2.03. The van der Waals surface area contributed by atoms with Gasteiger partial charge in [-0.15, -0.1) is 0 Å². The van der Waals surface area contributed by atoms with Crippen LogP contribution in [0.3, 0.4) is 0 Å². The van der Waals surface area contributed by atoms with Gasteiger partial charge in [0.15, 0.2) is 6.10 Å². The summed E-state index contributed by atoms with van der Waals surface area (Å²) in [6, 6.07) is 0. The highest BCUT2D eigenvalue weighted by Crippen LogP contribution is 2.43. The molecule has 0 radical (unpaired) electrons. The Kier molecular flexibility index (Phi) is 43.9. The zero-order chi connectivity index (χ0) is 43.2. The van der Waals surface area contributed by atoms with Crippen molar-refractivity contribution in [3.8, 4) is 0 Å². The van der Waals surface area contributed by atoms with E-state index in [4.69, 9.17) is 24.3 Å². The van der Waals surface area contributed by atoms with Crippen LogP contribution >= 0.6 is 7.82 Å². The van der Waals surface area contributed by atoms with E-state index in [0.717, 1.165) is 70.6 Å². The van der Waals surface area contributed by atoms with Crippen molar-refractivity contribution in [1.29, 1.82) is 0 Å². The van der Waals surface area contributed by atoms with Crippen LogP contribution in [0.25, 0.3) is 0 Å². The second-order valence-corrected chi connectivity index (χ2v) is 17.4. The van der Waals surface area contributed by atoms with Crippen molar-refractivity contribution >= 4 is 19.8 Å². The molecule has 0 aromatic carbocycles. The minimum Gasteiger partial charge on any atom is -0.462 e. The molecule has 0 heterocycles. The number of ether oxygens (including phenoxy) is 2. The number of allylic oxidation sites excluding steroid dienone is 8. The molecule has 10 heteroatoms. The molecule has 0 saturated heterocycles. The van der Waals surface area contributed by atoms with E-state index in [9.17, 15) is 19.0 Å². The van der Waals surface area contributed by atoms with Crippen LogP contribution in [0, 0.1) is 0 Å². The molecule has 0 aromatic rings. The summed E-state index contributed by atoms with van der Waals surface area (Å²) in [5, 5.41) is 0. The molecule has 0 aliphatic rings. The van der Waals surface area contributed by atoms with Gasteiger partial charge in [0.25, 0.3) is 0 Å². The molecule has 0 bridgehead atoms. The Bertz CT molecular complexity index is 1110.